The number of hydrogen-bond acceptors (Lipinski definition) is 5. The molecule has 0 saturated heterocycles. The van der Waals surface area contributed by atoms with Crippen molar-refractivity contribution in [2.45, 2.75) is 27.3 Å². The molecule has 0 aliphatic heterocycles. The molecule has 3 aromatic rings. The first-order valence-electron chi connectivity index (χ1n) is 7.33. The van der Waals surface area contributed by atoms with Crippen LogP contribution in [0.1, 0.15) is 28.7 Å². The molecule has 1 N–H and O–H groups in total. The molecule has 0 aliphatic carbocycles. The van der Waals surface area contributed by atoms with E-state index < -0.39 is 0 Å². The quantitative estimate of drug-likeness (QED) is 0.800. The predicted molar refractivity (Wildman–Crippen MR) is 85.1 cm³/mol. The van der Waals surface area contributed by atoms with Crippen LogP contribution in [0.4, 0.5) is 6.01 Å². The van der Waals surface area contributed by atoms with Gasteiger partial charge in [0.05, 0.1) is 5.69 Å². The van der Waals surface area contributed by atoms with E-state index in [9.17, 15) is 4.79 Å². The number of nitrogens with zero attached hydrogens (tertiary/aromatic N) is 4. The summed E-state index contributed by atoms with van der Waals surface area (Å²) in [5, 5.41) is 14.7. The zero-order chi connectivity index (χ0) is 16.4. The number of aromatic nitrogens is 4. The molecule has 1 aromatic carbocycles. The molecule has 118 valence electrons. The Morgan fingerprint density at radius 1 is 1.26 bits per heavy atom. The minimum atomic E-state index is -0.327. The number of anilines is 1. The second-order valence-corrected chi connectivity index (χ2v) is 5.22. The number of hydrogen-bond donors (Lipinski definition) is 1. The molecule has 7 heteroatoms. The van der Waals surface area contributed by atoms with Gasteiger partial charge >= 0.3 is 6.01 Å². The maximum absolute atomic E-state index is 12.3. The minimum Gasteiger partial charge on any atom is -0.403 e. The van der Waals surface area contributed by atoms with Gasteiger partial charge in [0.1, 0.15) is 5.69 Å². The Labute approximate surface area is 133 Å². The van der Waals surface area contributed by atoms with Crippen LogP contribution in [0.3, 0.4) is 0 Å². The minimum absolute atomic E-state index is 0.0630. The van der Waals surface area contributed by atoms with E-state index in [0.29, 0.717) is 18.1 Å². The Hall–Kier alpha value is -2.96. The maximum atomic E-state index is 12.3. The third kappa shape index (κ3) is 3.13. The number of carbonyl (C=O) groups excluding carboxylic acids is 1. The summed E-state index contributed by atoms with van der Waals surface area (Å²) < 4.78 is 7.14. The third-order valence-corrected chi connectivity index (χ3v) is 3.34. The zero-order valence-corrected chi connectivity index (χ0v) is 13.2. The van der Waals surface area contributed by atoms with E-state index in [4.69, 9.17) is 4.42 Å². The highest BCUT2D eigenvalue weighted by Gasteiger charge is 2.16. The smallest absolute Gasteiger partial charge is 0.322 e. The van der Waals surface area contributed by atoms with Gasteiger partial charge in [-0.1, -0.05) is 22.8 Å². The van der Waals surface area contributed by atoms with Gasteiger partial charge in [0.15, 0.2) is 0 Å². The van der Waals surface area contributed by atoms with Crippen LogP contribution in [0.15, 0.2) is 34.7 Å². The summed E-state index contributed by atoms with van der Waals surface area (Å²) in [6.07, 6.45) is 0. The van der Waals surface area contributed by atoms with E-state index in [1.165, 1.54) is 0 Å². The Bertz CT molecular complexity index is 850. The molecule has 23 heavy (non-hydrogen) atoms. The van der Waals surface area contributed by atoms with E-state index in [1.807, 2.05) is 45.0 Å². The van der Waals surface area contributed by atoms with Gasteiger partial charge in [-0.2, -0.15) is 5.10 Å². The zero-order valence-electron chi connectivity index (χ0n) is 13.2. The van der Waals surface area contributed by atoms with Crippen molar-refractivity contribution in [1.29, 1.82) is 0 Å². The van der Waals surface area contributed by atoms with Crippen molar-refractivity contribution in [2.24, 2.45) is 0 Å². The number of nitrogens with one attached hydrogen (secondary N) is 1. The van der Waals surface area contributed by atoms with Crippen molar-refractivity contribution in [3.8, 4) is 11.5 Å². The van der Waals surface area contributed by atoms with Gasteiger partial charge in [-0.25, -0.2) is 0 Å². The lowest BCUT2D eigenvalue weighted by Gasteiger charge is -2.02. The third-order valence-electron chi connectivity index (χ3n) is 3.34. The predicted octanol–water partition coefficient (Wildman–Crippen LogP) is 2.82. The van der Waals surface area contributed by atoms with Crippen LogP contribution in [0.5, 0.6) is 0 Å². The molecule has 0 spiro atoms. The lowest BCUT2D eigenvalue weighted by Crippen LogP contribution is -2.17. The fourth-order valence-electron chi connectivity index (χ4n) is 2.30. The number of benzene rings is 1. The fourth-order valence-corrected chi connectivity index (χ4v) is 2.30. The highest BCUT2D eigenvalue weighted by molar-refractivity contribution is 6.01. The Balaban J connectivity index is 1.80. The van der Waals surface area contributed by atoms with Crippen LogP contribution < -0.4 is 5.32 Å². The standard InChI is InChI=1S/C16H17N5O2/c1-4-21-13(9-11(3)20-21)14(22)17-16-19-18-15(23-16)12-7-5-6-10(2)8-12/h5-9H,4H2,1-3H3,(H,17,19,22). The van der Waals surface area contributed by atoms with Gasteiger partial charge in [0, 0.05) is 12.1 Å². The molecule has 0 atom stereocenters. The first kappa shape index (κ1) is 15.0. The van der Waals surface area contributed by atoms with Crippen molar-refractivity contribution in [2.75, 3.05) is 5.32 Å². The van der Waals surface area contributed by atoms with Gasteiger partial charge < -0.3 is 4.42 Å². The normalized spacial score (nSPS) is 10.7. The summed E-state index contributed by atoms with van der Waals surface area (Å²) in [4.78, 5) is 12.3. The number of carbonyl (C=O) groups is 1. The SMILES string of the molecule is CCn1nc(C)cc1C(=O)Nc1nnc(-c2cccc(C)c2)o1. The molecular formula is C16H17N5O2. The molecule has 0 saturated carbocycles. The molecule has 0 fully saturated rings. The van der Waals surface area contributed by atoms with Gasteiger partial charge in [0.2, 0.25) is 5.89 Å². The van der Waals surface area contributed by atoms with Crippen molar-refractivity contribution in [1.82, 2.24) is 20.0 Å². The highest BCUT2D eigenvalue weighted by atomic mass is 16.4. The van der Waals surface area contributed by atoms with E-state index >= 15 is 0 Å². The molecular weight excluding hydrogens is 294 g/mol. The van der Waals surface area contributed by atoms with Crippen LogP contribution in [0, 0.1) is 13.8 Å². The van der Waals surface area contributed by atoms with Crippen molar-refractivity contribution in [3.05, 3.63) is 47.3 Å². The number of aryl methyl sites for hydroxylation is 3. The first-order chi connectivity index (χ1) is 11.1. The van der Waals surface area contributed by atoms with E-state index in [1.54, 1.807) is 10.7 Å². The average Bonchev–Trinajstić information content (AvgIpc) is 3.13. The summed E-state index contributed by atoms with van der Waals surface area (Å²) in [7, 11) is 0. The monoisotopic (exact) mass is 311 g/mol. The second-order valence-electron chi connectivity index (χ2n) is 5.22. The number of rotatable bonds is 4. The summed E-state index contributed by atoms with van der Waals surface area (Å²) in [5.41, 5.74) is 3.14. The van der Waals surface area contributed by atoms with Gasteiger partial charge in [-0.15, -0.1) is 5.10 Å². The molecule has 1 amide bonds. The van der Waals surface area contributed by atoms with Crippen LogP contribution >= 0.6 is 0 Å². The lowest BCUT2D eigenvalue weighted by molar-refractivity contribution is 0.101. The summed E-state index contributed by atoms with van der Waals surface area (Å²) in [6, 6.07) is 9.49. The van der Waals surface area contributed by atoms with Crippen molar-refractivity contribution in [3.63, 3.8) is 0 Å². The summed E-state index contributed by atoms with van der Waals surface area (Å²) in [6.45, 7) is 6.35. The molecule has 2 heterocycles. The first-order valence-corrected chi connectivity index (χ1v) is 7.33. The van der Waals surface area contributed by atoms with E-state index in [0.717, 1.165) is 16.8 Å². The lowest BCUT2D eigenvalue weighted by atomic mass is 10.1. The molecule has 3 rings (SSSR count). The fraction of sp³-hybridized carbons (Fsp3) is 0.250. The van der Waals surface area contributed by atoms with Gasteiger partial charge in [-0.3, -0.25) is 14.8 Å². The Morgan fingerprint density at radius 3 is 2.83 bits per heavy atom. The molecule has 0 bridgehead atoms. The van der Waals surface area contributed by atoms with Crippen molar-refractivity contribution < 1.29 is 9.21 Å². The molecule has 0 aliphatic rings. The highest BCUT2D eigenvalue weighted by Crippen LogP contribution is 2.21. The second kappa shape index (κ2) is 6.04. The largest absolute Gasteiger partial charge is 0.403 e. The van der Waals surface area contributed by atoms with Crippen LogP contribution in [0.2, 0.25) is 0 Å². The van der Waals surface area contributed by atoms with Crippen LogP contribution in [-0.2, 0) is 6.54 Å². The van der Waals surface area contributed by atoms with Crippen LogP contribution in [0.25, 0.3) is 11.5 Å². The van der Waals surface area contributed by atoms with E-state index in [2.05, 4.69) is 20.6 Å². The van der Waals surface area contributed by atoms with E-state index in [-0.39, 0.29) is 11.9 Å². The van der Waals surface area contributed by atoms with Crippen LogP contribution in [-0.4, -0.2) is 25.9 Å². The Kier molecular flexibility index (Phi) is 3.92. The van der Waals surface area contributed by atoms with Gasteiger partial charge in [0.25, 0.3) is 5.91 Å². The topological polar surface area (TPSA) is 85.8 Å². The molecule has 0 radical (unpaired) electrons. The van der Waals surface area contributed by atoms with Gasteiger partial charge in [-0.05, 0) is 39.0 Å². The average molecular weight is 311 g/mol. The molecule has 7 nitrogen and oxygen atoms in total. The molecule has 0 unspecified atom stereocenters. The number of amides is 1. The van der Waals surface area contributed by atoms with Crippen molar-refractivity contribution >= 4 is 11.9 Å². The Morgan fingerprint density at radius 2 is 2.09 bits per heavy atom. The summed E-state index contributed by atoms with van der Waals surface area (Å²) in [5.74, 6) is 0.0380. The summed E-state index contributed by atoms with van der Waals surface area (Å²) >= 11 is 0. The molecule has 2 aromatic heterocycles. The maximum Gasteiger partial charge on any atom is 0.322 e.